The highest BCUT2D eigenvalue weighted by Gasteiger charge is 2.41. The minimum Gasteiger partial charge on any atom is -0.464 e. The SMILES string of the molecule is Clc1cccc([C@@H]2Oc3ccc(Br)cc3[C@@H]3CC(c4ccc5ccccc5c4)=NN32)c1. The summed E-state index contributed by atoms with van der Waals surface area (Å²) >= 11 is 9.91. The van der Waals surface area contributed by atoms with Gasteiger partial charge in [0.15, 0.2) is 0 Å². The molecule has 2 atom stereocenters. The molecule has 4 aromatic carbocycles. The van der Waals surface area contributed by atoms with E-state index in [-0.39, 0.29) is 12.3 Å². The third-order valence-electron chi connectivity index (χ3n) is 5.97. The van der Waals surface area contributed by atoms with E-state index in [9.17, 15) is 0 Å². The lowest BCUT2D eigenvalue weighted by atomic mass is 9.95. The fourth-order valence-corrected chi connectivity index (χ4v) is 5.06. The predicted molar refractivity (Wildman–Crippen MR) is 129 cm³/mol. The van der Waals surface area contributed by atoms with E-state index < -0.39 is 0 Å². The topological polar surface area (TPSA) is 24.8 Å². The summed E-state index contributed by atoms with van der Waals surface area (Å²) in [6, 6.07) is 29.1. The van der Waals surface area contributed by atoms with Crippen molar-refractivity contribution in [2.45, 2.75) is 18.7 Å². The number of ether oxygens (including phenoxy) is 1. The Morgan fingerprint density at radius 2 is 1.77 bits per heavy atom. The summed E-state index contributed by atoms with van der Waals surface area (Å²) in [7, 11) is 0. The smallest absolute Gasteiger partial charge is 0.213 e. The molecule has 5 heteroatoms. The first-order valence-electron chi connectivity index (χ1n) is 10.2. The molecule has 2 heterocycles. The number of halogens is 2. The highest BCUT2D eigenvalue weighted by Crippen LogP contribution is 2.48. The molecule has 0 spiro atoms. The average molecular weight is 490 g/mol. The number of hydrogen-bond donors (Lipinski definition) is 0. The van der Waals surface area contributed by atoms with Crippen molar-refractivity contribution < 1.29 is 4.74 Å². The van der Waals surface area contributed by atoms with E-state index in [1.165, 1.54) is 10.8 Å². The van der Waals surface area contributed by atoms with Gasteiger partial charge in [0, 0.05) is 27.0 Å². The van der Waals surface area contributed by atoms with E-state index in [0.29, 0.717) is 5.02 Å². The Morgan fingerprint density at radius 3 is 2.65 bits per heavy atom. The van der Waals surface area contributed by atoms with Crippen LogP contribution in [0.2, 0.25) is 5.02 Å². The molecule has 31 heavy (non-hydrogen) atoms. The van der Waals surface area contributed by atoms with Gasteiger partial charge < -0.3 is 4.74 Å². The van der Waals surface area contributed by atoms with Crippen molar-refractivity contribution in [2.75, 3.05) is 0 Å². The highest BCUT2D eigenvalue weighted by molar-refractivity contribution is 9.10. The summed E-state index contributed by atoms with van der Waals surface area (Å²) in [6.45, 7) is 0. The lowest BCUT2D eigenvalue weighted by molar-refractivity contribution is -0.0190. The lowest BCUT2D eigenvalue weighted by Gasteiger charge is -2.38. The number of hydrogen-bond acceptors (Lipinski definition) is 3. The van der Waals surface area contributed by atoms with Crippen molar-refractivity contribution in [3.8, 4) is 5.75 Å². The van der Waals surface area contributed by atoms with Gasteiger partial charge in [0.05, 0.1) is 11.8 Å². The molecule has 0 fully saturated rings. The van der Waals surface area contributed by atoms with Crippen molar-refractivity contribution >= 4 is 44.0 Å². The Balaban J connectivity index is 1.46. The zero-order valence-corrected chi connectivity index (χ0v) is 18.8. The summed E-state index contributed by atoms with van der Waals surface area (Å²) in [5, 5.41) is 10.3. The highest BCUT2D eigenvalue weighted by atomic mass is 79.9. The second-order valence-electron chi connectivity index (χ2n) is 7.92. The third kappa shape index (κ3) is 3.31. The number of rotatable bonds is 2. The van der Waals surface area contributed by atoms with Crippen LogP contribution < -0.4 is 4.74 Å². The standard InChI is InChI=1S/C26H18BrClN2O/c27-20-10-11-25-22(14-20)24-15-23(18-9-8-16-4-1-2-5-17(16)12-18)29-30(24)26(31-25)19-6-3-7-21(28)13-19/h1-14,24,26H,15H2/t24-,26-/m0/s1. The Bertz CT molecular complexity index is 1350. The Labute approximate surface area is 194 Å². The van der Waals surface area contributed by atoms with Crippen molar-refractivity contribution in [1.29, 1.82) is 0 Å². The van der Waals surface area contributed by atoms with Gasteiger partial charge in [-0.2, -0.15) is 5.10 Å². The second kappa shape index (κ2) is 7.40. The maximum absolute atomic E-state index is 6.44. The van der Waals surface area contributed by atoms with Crippen molar-refractivity contribution in [3.63, 3.8) is 0 Å². The average Bonchev–Trinajstić information content (AvgIpc) is 3.24. The Morgan fingerprint density at radius 1 is 0.903 bits per heavy atom. The molecule has 152 valence electrons. The fourth-order valence-electron chi connectivity index (χ4n) is 4.48. The van der Waals surface area contributed by atoms with E-state index in [0.717, 1.165) is 39.0 Å². The van der Waals surface area contributed by atoms with Crippen LogP contribution in [0.1, 0.15) is 35.4 Å². The van der Waals surface area contributed by atoms with Gasteiger partial charge in [-0.25, -0.2) is 5.01 Å². The second-order valence-corrected chi connectivity index (χ2v) is 9.27. The number of fused-ring (bicyclic) bond motifs is 4. The van der Waals surface area contributed by atoms with Gasteiger partial charge in [-0.3, -0.25) is 0 Å². The molecule has 0 N–H and O–H groups in total. The number of nitrogens with zero attached hydrogens (tertiary/aromatic N) is 2. The molecule has 0 unspecified atom stereocenters. The van der Waals surface area contributed by atoms with E-state index in [4.69, 9.17) is 21.4 Å². The number of hydrazone groups is 1. The summed E-state index contributed by atoms with van der Waals surface area (Å²) in [5.74, 6) is 0.893. The van der Waals surface area contributed by atoms with Gasteiger partial charge in [-0.05, 0) is 52.7 Å². The van der Waals surface area contributed by atoms with Gasteiger partial charge in [0.2, 0.25) is 6.23 Å². The monoisotopic (exact) mass is 488 g/mol. The predicted octanol–water partition coefficient (Wildman–Crippen LogP) is 7.50. The van der Waals surface area contributed by atoms with Crippen LogP contribution in [-0.4, -0.2) is 10.7 Å². The molecule has 0 radical (unpaired) electrons. The van der Waals surface area contributed by atoms with Crippen molar-refractivity contribution in [1.82, 2.24) is 5.01 Å². The molecule has 0 saturated heterocycles. The van der Waals surface area contributed by atoms with Crippen LogP contribution in [0.25, 0.3) is 10.8 Å². The van der Waals surface area contributed by atoms with E-state index >= 15 is 0 Å². The molecule has 2 aliphatic heterocycles. The molecule has 0 aromatic heterocycles. The van der Waals surface area contributed by atoms with Crippen molar-refractivity contribution in [2.24, 2.45) is 5.10 Å². The zero-order chi connectivity index (χ0) is 20.9. The van der Waals surface area contributed by atoms with Crippen LogP contribution in [0.4, 0.5) is 0 Å². The van der Waals surface area contributed by atoms with Crippen LogP contribution >= 0.6 is 27.5 Å². The molecule has 0 saturated carbocycles. The Kier molecular flexibility index (Phi) is 4.51. The summed E-state index contributed by atoms with van der Waals surface area (Å²) in [6.07, 6.45) is 0.498. The normalized spacial score (nSPS) is 19.5. The van der Waals surface area contributed by atoms with Gasteiger partial charge in [-0.1, -0.05) is 76.1 Å². The fraction of sp³-hybridized carbons (Fsp3) is 0.115. The van der Waals surface area contributed by atoms with Crippen molar-refractivity contribution in [3.05, 3.63) is 111 Å². The lowest BCUT2D eigenvalue weighted by Crippen LogP contribution is -2.33. The van der Waals surface area contributed by atoms with Crippen LogP contribution in [0.5, 0.6) is 5.75 Å². The molecule has 0 aliphatic carbocycles. The van der Waals surface area contributed by atoms with Gasteiger partial charge >= 0.3 is 0 Å². The molecule has 0 amide bonds. The van der Waals surface area contributed by atoms with E-state index in [1.54, 1.807) is 0 Å². The summed E-state index contributed by atoms with van der Waals surface area (Å²) < 4.78 is 7.47. The molecular formula is C26H18BrClN2O. The molecular weight excluding hydrogens is 472 g/mol. The number of benzene rings is 4. The first-order valence-corrected chi connectivity index (χ1v) is 11.4. The Hall–Kier alpha value is -2.82. The van der Waals surface area contributed by atoms with E-state index in [1.807, 2.05) is 36.4 Å². The largest absolute Gasteiger partial charge is 0.464 e. The molecule has 6 rings (SSSR count). The maximum atomic E-state index is 6.44. The molecule has 0 bridgehead atoms. The minimum atomic E-state index is -0.324. The molecule has 3 nitrogen and oxygen atoms in total. The first-order chi connectivity index (χ1) is 15.2. The van der Waals surface area contributed by atoms with Gasteiger partial charge in [-0.15, -0.1) is 0 Å². The van der Waals surface area contributed by atoms with Crippen LogP contribution in [0.3, 0.4) is 0 Å². The molecule has 4 aromatic rings. The van der Waals surface area contributed by atoms with Gasteiger partial charge in [0.25, 0.3) is 0 Å². The summed E-state index contributed by atoms with van der Waals surface area (Å²) in [4.78, 5) is 0. The first kappa shape index (κ1) is 18.9. The van der Waals surface area contributed by atoms with Crippen LogP contribution in [-0.2, 0) is 0 Å². The van der Waals surface area contributed by atoms with E-state index in [2.05, 4.69) is 69.5 Å². The van der Waals surface area contributed by atoms with Crippen LogP contribution in [0, 0.1) is 0 Å². The van der Waals surface area contributed by atoms with Gasteiger partial charge in [0.1, 0.15) is 5.75 Å². The van der Waals surface area contributed by atoms with Crippen LogP contribution in [0.15, 0.2) is 94.5 Å². The zero-order valence-electron chi connectivity index (χ0n) is 16.5. The molecule has 2 aliphatic rings. The summed E-state index contributed by atoms with van der Waals surface area (Å²) in [5.41, 5.74) is 4.36. The third-order valence-corrected chi connectivity index (χ3v) is 6.70. The minimum absolute atomic E-state index is 0.103. The quantitative estimate of drug-likeness (QED) is 0.291. The maximum Gasteiger partial charge on any atom is 0.213 e.